The van der Waals surface area contributed by atoms with Crippen molar-refractivity contribution < 1.29 is 18.3 Å². The van der Waals surface area contributed by atoms with Gasteiger partial charge in [-0.2, -0.15) is 13.2 Å². The number of hydrogen-bond donors (Lipinski definition) is 1. The fourth-order valence-electron chi connectivity index (χ4n) is 2.79. The molecule has 0 aliphatic heterocycles. The first-order valence-electron chi connectivity index (χ1n) is 8.86. The van der Waals surface area contributed by atoms with Crippen LogP contribution < -0.4 is 0 Å². The fourth-order valence-corrected chi connectivity index (χ4v) is 3.72. The number of alkyl halides is 3. The Hall–Kier alpha value is -1.62. The maximum absolute atomic E-state index is 12.7. The predicted octanol–water partition coefficient (Wildman–Crippen LogP) is 7.30. The monoisotopic (exact) mass is 396 g/mol. The van der Waals surface area contributed by atoms with Gasteiger partial charge in [0.1, 0.15) is 5.75 Å². The van der Waals surface area contributed by atoms with Crippen molar-refractivity contribution in [2.45, 2.75) is 69.2 Å². The van der Waals surface area contributed by atoms with Crippen molar-refractivity contribution in [3.63, 3.8) is 0 Å². The molecule has 0 aliphatic rings. The molecule has 0 spiro atoms. The lowest BCUT2D eigenvalue weighted by atomic mass is 9.79. The van der Waals surface area contributed by atoms with Crippen molar-refractivity contribution in [3.05, 3.63) is 58.7 Å². The van der Waals surface area contributed by atoms with Crippen LogP contribution in [0.15, 0.2) is 41.3 Å². The molecule has 1 nitrogen and oxygen atoms in total. The summed E-state index contributed by atoms with van der Waals surface area (Å²) in [6.07, 6.45) is -4.31. The Labute approximate surface area is 164 Å². The molecule has 0 fully saturated rings. The average Bonchev–Trinajstić information content (AvgIpc) is 2.51. The van der Waals surface area contributed by atoms with E-state index >= 15 is 0 Å². The van der Waals surface area contributed by atoms with Crippen LogP contribution in [0.25, 0.3) is 0 Å². The molecule has 2 rings (SSSR count). The number of halogens is 3. The minimum Gasteiger partial charge on any atom is -0.507 e. The Bertz CT molecular complexity index is 759. The van der Waals surface area contributed by atoms with Gasteiger partial charge < -0.3 is 5.11 Å². The van der Waals surface area contributed by atoms with Gasteiger partial charge in [0, 0.05) is 21.8 Å². The lowest BCUT2D eigenvalue weighted by molar-refractivity contribution is -0.137. The number of aromatic hydroxyl groups is 1. The van der Waals surface area contributed by atoms with Gasteiger partial charge in [-0.05, 0) is 40.7 Å². The van der Waals surface area contributed by atoms with E-state index in [4.69, 9.17) is 0 Å². The summed E-state index contributed by atoms with van der Waals surface area (Å²) in [5.41, 5.74) is 1.53. The Morgan fingerprint density at radius 2 is 1.26 bits per heavy atom. The van der Waals surface area contributed by atoms with Crippen LogP contribution in [0.3, 0.4) is 0 Å². The molecule has 2 aromatic carbocycles. The molecule has 0 aromatic heterocycles. The topological polar surface area (TPSA) is 20.2 Å². The number of phenolic OH excluding ortho intramolecular Hbond substituents is 1. The normalized spacial score (nSPS) is 13.1. The van der Waals surface area contributed by atoms with Crippen LogP contribution >= 0.6 is 11.8 Å². The minimum absolute atomic E-state index is 0.213. The molecule has 0 amide bonds. The van der Waals surface area contributed by atoms with Gasteiger partial charge in [-0.3, -0.25) is 0 Å². The molecule has 0 atom stereocenters. The average molecular weight is 397 g/mol. The Kier molecular flexibility index (Phi) is 5.96. The molecule has 0 aliphatic carbocycles. The van der Waals surface area contributed by atoms with Crippen molar-refractivity contribution in [1.29, 1.82) is 0 Å². The van der Waals surface area contributed by atoms with Gasteiger partial charge in [0.25, 0.3) is 0 Å². The number of hydrogen-bond acceptors (Lipinski definition) is 2. The van der Waals surface area contributed by atoms with E-state index in [0.29, 0.717) is 11.5 Å². The molecule has 2 aromatic rings. The summed E-state index contributed by atoms with van der Waals surface area (Å²) in [6.45, 7) is 12.3. The second-order valence-corrected chi connectivity index (χ2v) is 9.90. The quantitative estimate of drug-likeness (QED) is 0.549. The van der Waals surface area contributed by atoms with Gasteiger partial charge in [0.15, 0.2) is 0 Å². The van der Waals surface area contributed by atoms with E-state index in [-0.39, 0.29) is 10.8 Å². The number of thioether (sulfide) groups is 1. The SMILES string of the molecule is CC(C)(C)c1cc(SCc2ccc(C(F)(F)F)cc2)cc(C(C)(C)C)c1O. The maximum atomic E-state index is 12.7. The first-order valence-corrected chi connectivity index (χ1v) is 9.85. The molecule has 0 saturated carbocycles. The third kappa shape index (κ3) is 5.44. The predicted molar refractivity (Wildman–Crippen MR) is 107 cm³/mol. The van der Waals surface area contributed by atoms with Gasteiger partial charge >= 0.3 is 6.18 Å². The lowest BCUT2D eigenvalue weighted by Gasteiger charge is -2.28. The summed E-state index contributed by atoms with van der Waals surface area (Å²) < 4.78 is 38.1. The van der Waals surface area contributed by atoms with Crippen LogP contribution in [-0.4, -0.2) is 5.11 Å². The number of phenols is 1. The zero-order valence-electron chi connectivity index (χ0n) is 16.7. The highest BCUT2D eigenvalue weighted by Crippen LogP contribution is 2.42. The van der Waals surface area contributed by atoms with Crippen LogP contribution in [0.1, 0.15) is 63.8 Å². The van der Waals surface area contributed by atoms with Crippen molar-refractivity contribution in [2.75, 3.05) is 0 Å². The van der Waals surface area contributed by atoms with Crippen molar-refractivity contribution in [1.82, 2.24) is 0 Å². The first-order chi connectivity index (χ1) is 12.2. The van der Waals surface area contributed by atoms with Crippen LogP contribution in [0.5, 0.6) is 5.75 Å². The van der Waals surface area contributed by atoms with E-state index in [9.17, 15) is 18.3 Å². The van der Waals surface area contributed by atoms with Gasteiger partial charge in [0.05, 0.1) is 5.56 Å². The second kappa shape index (κ2) is 7.42. The van der Waals surface area contributed by atoms with E-state index < -0.39 is 11.7 Å². The molecule has 5 heteroatoms. The lowest BCUT2D eigenvalue weighted by Crippen LogP contribution is -2.17. The second-order valence-electron chi connectivity index (χ2n) is 8.85. The zero-order valence-corrected chi connectivity index (χ0v) is 17.5. The highest BCUT2D eigenvalue weighted by Gasteiger charge is 2.30. The molecular weight excluding hydrogens is 369 g/mol. The van der Waals surface area contributed by atoms with Crippen LogP contribution in [-0.2, 0) is 22.8 Å². The maximum Gasteiger partial charge on any atom is 0.416 e. The third-order valence-corrected chi connectivity index (χ3v) is 5.43. The van der Waals surface area contributed by atoms with E-state index in [1.165, 1.54) is 12.1 Å². The first kappa shape index (κ1) is 21.7. The van der Waals surface area contributed by atoms with E-state index in [0.717, 1.165) is 33.7 Å². The van der Waals surface area contributed by atoms with E-state index in [1.54, 1.807) is 11.8 Å². The molecule has 0 bridgehead atoms. The van der Waals surface area contributed by atoms with E-state index in [2.05, 4.69) is 41.5 Å². The van der Waals surface area contributed by atoms with Crippen LogP contribution in [0.4, 0.5) is 13.2 Å². The summed E-state index contributed by atoms with van der Waals surface area (Å²) in [6, 6.07) is 9.25. The van der Waals surface area contributed by atoms with Gasteiger partial charge in [-0.15, -0.1) is 11.8 Å². The molecule has 0 radical (unpaired) electrons. The standard InChI is InChI=1S/C22H27F3OS/c1-20(2,3)17-11-16(12-18(19(17)26)21(4,5)6)27-13-14-7-9-15(10-8-14)22(23,24)25/h7-12,26H,13H2,1-6H3. The summed E-state index contributed by atoms with van der Waals surface area (Å²) in [5.74, 6) is 0.893. The van der Waals surface area contributed by atoms with Crippen LogP contribution in [0.2, 0.25) is 0 Å². The van der Waals surface area contributed by atoms with Crippen LogP contribution in [0, 0.1) is 0 Å². The number of benzene rings is 2. The van der Waals surface area contributed by atoms with E-state index in [1.807, 2.05) is 12.1 Å². The largest absolute Gasteiger partial charge is 0.507 e. The smallest absolute Gasteiger partial charge is 0.416 e. The molecule has 148 valence electrons. The fraction of sp³-hybridized carbons (Fsp3) is 0.455. The molecule has 1 N–H and O–H groups in total. The van der Waals surface area contributed by atoms with Crippen molar-refractivity contribution >= 4 is 11.8 Å². The summed E-state index contributed by atoms with van der Waals surface area (Å²) >= 11 is 1.56. The minimum atomic E-state index is -4.31. The third-order valence-electron chi connectivity index (χ3n) is 4.39. The highest BCUT2D eigenvalue weighted by atomic mass is 32.2. The van der Waals surface area contributed by atoms with Crippen molar-refractivity contribution in [3.8, 4) is 5.75 Å². The molecule has 0 saturated heterocycles. The Morgan fingerprint density at radius 3 is 1.63 bits per heavy atom. The zero-order chi connectivity index (χ0) is 20.6. The van der Waals surface area contributed by atoms with Gasteiger partial charge in [0.2, 0.25) is 0 Å². The van der Waals surface area contributed by atoms with Gasteiger partial charge in [-0.1, -0.05) is 53.7 Å². The summed E-state index contributed by atoms with van der Waals surface area (Å²) in [4.78, 5) is 1.00. The highest BCUT2D eigenvalue weighted by molar-refractivity contribution is 7.98. The Morgan fingerprint density at radius 1 is 0.815 bits per heavy atom. The molecule has 27 heavy (non-hydrogen) atoms. The summed E-state index contributed by atoms with van der Waals surface area (Å²) in [7, 11) is 0. The molecule has 0 unspecified atom stereocenters. The van der Waals surface area contributed by atoms with Crippen molar-refractivity contribution in [2.24, 2.45) is 0 Å². The molecular formula is C22H27F3OS. The Balaban J connectivity index is 2.31. The number of rotatable bonds is 3. The molecule has 0 heterocycles. The van der Waals surface area contributed by atoms with Gasteiger partial charge in [-0.25, -0.2) is 0 Å². The summed E-state index contributed by atoms with van der Waals surface area (Å²) in [5, 5.41) is 10.8.